The second-order valence-electron chi connectivity index (χ2n) is 6.48. The molecule has 0 aliphatic carbocycles. The largest absolute Gasteiger partial charge is 0.491 e. The number of ether oxygens (including phenoxy) is 1. The Kier molecular flexibility index (Phi) is 6.92. The van der Waals surface area contributed by atoms with Crippen molar-refractivity contribution in [3.8, 4) is 5.75 Å². The summed E-state index contributed by atoms with van der Waals surface area (Å²) in [7, 11) is -2.40. The van der Waals surface area contributed by atoms with Crippen LogP contribution < -0.4 is 10.1 Å². The number of sulfonamides is 1. The molecule has 0 bridgehead atoms. The van der Waals surface area contributed by atoms with Crippen molar-refractivity contribution in [3.63, 3.8) is 0 Å². The van der Waals surface area contributed by atoms with Crippen LogP contribution in [-0.2, 0) is 14.8 Å². The number of aromatic nitrogens is 1. The van der Waals surface area contributed by atoms with Gasteiger partial charge in [-0.1, -0.05) is 12.1 Å². The normalized spacial score (nSPS) is 12.8. The molecule has 0 radical (unpaired) electrons. The van der Waals surface area contributed by atoms with Gasteiger partial charge in [0.15, 0.2) is 0 Å². The van der Waals surface area contributed by atoms with Gasteiger partial charge in [0.25, 0.3) is 0 Å². The summed E-state index contributed by atoms with van der Waals surface area (Å²) in [5.41, 5.74) is 0.874. The van der Waals surface area contributed by atoms with Gasteiger partial charge in [-0.2, -0.15) is 4.31 Å². The van der Waals surface area contributed by atoms with Crippen molar-refractivity contribution in [2.45, 2.75) is 37.8 Å². The molecular weight excluding hydrogens is 366 g/mol. The predicted octanol–water partition coefficient (Wildman–Crippen LogP) is 2.37. The topological polar surface area (TPSA) is 88.6 Å². The van der Waals surface area contributed by atoms with Crippen LogP contribution in [0.25, 0.3) is 0 Å². The minimum absolute atomic E-state index is 0.0480. The zero-order valence-electron chi connectivity index (χ0n) is 15.9. The first kappa shape index (κ1) is 20.9. The molecule has 2 aromatic rings. The van der Waals surface area contributed by atoms with E-state index in [2.05, 4.69) is 10.3 Å². The van der Waals surface area contributed by atoms with E-state index in [1.165, 1.54) is 31.6 Å². The monoisotopic (exact) mass is 391 g/mol. The van der Waals surface area contributed by atoms with Crippen LogP contribution >= 0.6 is 0 Å². The van der Waals surface area contributed by atoms with Crippen LogP contribution in [0, 0.1) is 0 Å². The molecule has 1 aromatic heterocycles. The summed E-state index contributed by atoms with van der Waals surface area (Å²) in [6.07, 6.45) is 2.80. The summed E-state index contributed by atoms with van der Waals surface area (Å²) in [5, 5.41) is 2.81. The number of carbonyl (C=O) groups is 1. The first-order valence-corrected chi connectivity index (χ1v) is 10.1. The maximum absolute atomic E-state index is 12.5. The van der Waals surface area contributed by atoms with E-state index in [1.807, 2.05) is 45.0 Å². The third kappa shape index (κ3) is 5.77. The molecule has 1 atom stereocenters. The maximum atomic E-state index is 12.5. The number of hydrogen-bond donors (Lipinski definition) is 1. The Bertz CT molecular complexity index is 870. The average Bonchev–Trinajstić information content (AvgIpc) is 2.62. The van der Waals surface area contributed by atoms with Crippen LogP contribution in [0.4, 0.5) is 0 Å². The third-order valence-electron chi connectivity index (χ3n) is 3.82. The highest BCUT2D eigenvalue weighted by Gasteiger charge is 2.23. The number of likely N-dealkylation sites (N-methyl/N-ethyl adjacent to an activating group) is 1. The summed E-state index contributed by atoms with van der Waals surface area (Å²) < 4.78 is 31.6. The zero-order valence-corrected chi connectivity index (χ0v) is 16.7. The number of carbonyl (C=O) groups excluding carboxylic acids is 1. The number of nitrogens with one attached hydrogen (secondary N) is 1. The Morgan fingerprint density at radius 2 is 1.96 bits per heavy atom. The van der Waals surface area contributed by atoms with Gasteiger partial charge in [-0.05, 0) is 50.6 Å². The van der Waals surface area contributed by atoms with Gasteiger partial charge < -0.3 is 10.1 Å². The summed E-state index contributed by atoms with van der Waals surface area (Å²) in [4.78, 5) is 16.2. The first-order chi connectivity index (χ1) is 12.7. The maximum Gasteiger partial charge on any atom is 0.244 e. The minimum Gasteiger partial charge on any atom is -0.491 e. The molecule has 0 saturated carbocycles. The van der Waals surface area contributed by atoms with Crippen molar-refractivity contribution in [3.05, 3.63) is 54.4 Å². The van der Waals surface area contributed by atoms with Crippen molar-refractivity contribution < 1.29 is 17.9 Å². The number of benzene rings is 1. The van der Waals surface area contributed by atoms with E-state index in [0.717, 1.165) is 15.6 Å². The Balaban J connectivity index is 2.01. The van der Waals surface area contributed by atoms with E-state index in [0.29, 0.717) is 0 Å². The highest BCUT2D eigenvalue weighted by molar-refractivity contribution is 7.89. The van der Waals surface area contributed by atoms with Gasteiger partial charge in [-0.15, -0.1) is 0 Å². The molecule has 2 rings (SSSR count). The van der Waals surface area contributed by atoms with Crippen LogP contribution in [0.2, 0.25) is 0 Å². The molecule has 0 fully saturated rings. The molecule has 146 valence electrons. The standard InChI is InChI=1S/C19H25N3O4S/c1-14(2)26-17-8-5-7-16(11-17)15(3)21-19(23)13-22(4)27(24,25)18-9-6-10-20-12-18/h5-12,14-15H,13H2,1-4H3,(H,21,23). The van der Waals surface area contributed by atoms with Gasteiger partial charge in [0.05, 0.1) is 18.7 Å². The Morgan fingerprint density at radius 3 is 2.59 bits per heavy atom. The fraction of sp³-hybridized carbons (Fsp3) is 0.368. The lowest BCUT2D eigenvalue weighted by Crippen LogP contribution is -2.39. The van der Waals surface area contributed by atoms with Gasteiger partial charge in [0.1, 0.15) is 10.6 Å². The van der Waals surface area contributed by atoms with Gasteiger partial charge >= 0.3 is 0 Å². The van der Waals surface area contributed by atoms with Gasteiger partial charge in [-0.25, -0.2) is 8.42 Å². The molecule has 0 aliphatic heterocycles. The zero-order chi connectivity index (χ0) is 20.0. The summed E-state index contributed by atoms with van der Waals surface area (Å²) in [6.45, 7) is 5.43. The van der Waals surface area contributed by atoms with E-state index in [9.17, 15) is 13.2 Å². The van der Waals surface area contributed by atoms with Crippen LogP contribution in [0.1, 0.15) is 32.4 Å². The SMILES string of the molecule is CC(C)Oc1cccc(C(C)NC(=O)CN(C)S(=O)(=O)c2cccnc2)c1. The number of amides is 1. The molecular formula is C19H25N3O4S. The Hall–Kier alpha value is -2.45. The molecule has 8 heteroatoms. The quantitative estimate of drug-likeness (QED) is 0.746. The predicted molar refractivity (Wildman–Crippen MR) is 103 cm³/mol. The summed E-state index contributed by atoms with van der Waals surface area (Å²) in [6, 6.07) is 10.1. The van der Waals surface area contributed by atoms with Gasteiger partial charge in [0, 0.05) is 19.4 Å². The van der Waals surface area contributed by atoms with Crippen molar-refractivity contribution in [1.29, 1.82) is 0 Å². The minimum atomic E-state index is -3.76. The number of rotatable bonds is 8. The molecule has 1 N–H and O–H groups in total. The highest BCUT2D eigenvalue weighted by atomic mass is 32.2. The van der Waals surface area contributed by atoms with Crippen molar-refractivity contribution in [2.75, 3.05) is 13.6 Å². The van der Waals surface area contributed by atoms with Gasteiger partial charge in [0.2, 0.25) is 15.9 Å². The third-order valence-corrected chi connectivity index (χ3v) is 5.60. The molecule has 1 unspecified atom stereocenters. The molecule has 1 heterocycles. The van der Waals surface area contributed by atoms with Crippen molar-refractivity contribution in [1.82, 2.24) is 14.6 Å². The van der Waals surface area contributed by atoms with E-state index in [4.69, 9.17) is 4.74 Å². The van der Waals surface area contributed by atoms with Crippen molar-refractivity contribution >= 4 is 15.9 Å². The van der Waals surface area contributed by atoms with E-state index < -0.39 is 15.9 Å². The fourth-order valence-corrected chi connectivity index (χ4v) is 3.56. The first-order valence-electron chi connectivity index (χ1n) is 8.62. The van der Waals surface area contributed by atoms with E-state index in [-0.39, 0.29) is 23.6 Å². The van der Waals surface area contributed by atoms with Crippen molar-refractivity contribution in [2.24, 2.45) is 0 Å². The van der Waals surface area contributed by atoms with E-state index >= 15 is 0 Å². The lowest BCUT2D eigenvalue weighted by Gasteiger charge is -2.20. The molecule has 0 aliphatic rings. The smallest absolute Gasteiger partial charge is 0.244 e. The molecule has 1 aromatic carbocycles. The lowest BCUT2D eigenvalue weighted by atomic mass is 10.1. The number of pyridine rings is 1. The van der Waals surface area contributed by atoms with Crippen LogP contribution in [0.5, 0.6) is 5.75 Å². The van der Waals surface area contributed by atoms with Gasteiger partial charge in [-0.3, -0.25) is 9.78 Å². The average molecular weight is 391 g/mol. The fourth-order valence-electron chi connectivity index (χ4n) is 2.47. The molecule has 7 nitrogen and oxygen atoms in total. The van der Waals surface area contributed by atoms with E-state index in [1.54, 1.807) is 0 Å². The summed E-state index contributed by atoms with van der Waals surface area (Å²) in [5.74, 6) is 0.326. The Labute approximate surface area is 160 Å². The molecule has 0 saturated heterocycles. The summed E-state index contributed by atoms with van der Waals surface area (Å²) >= 11 is 0. The molecule has 1 amide bonds. The number of nitrogens with zero attached hydrogens (tertiary/aromatic N) is 2. The second kappa shape index (κ2) is 8.96. The second-order valence-corrected chi connectivity index (χ2v) is 8.52. The Morgan fingerprint density at radius 1 is 1.22 bits per heavy atom. The number of hydrogen-bond acceptors (Lipinski definition) is 5. The highest BCUT2D eigenvalue weighted by Crippen LogP contribution is 2.20. The lowest BCUT2D eigenvalue weighted by molar-refractivity contribution is -0.121. The molecule has 0 spiro atoms. The van der Waals surface area contributed by atoms with Crippen LogP contribution in [-0.4, -0.2) is 43.3 Å². The van der Waals surface area contributed by atoms with Crippen LogP contribution in [0.15, 0.2) is 53.7 Å². The van der Waals surface area contributed by atoms with Crippen LogP contribution in [0.3, 0.4) is 0 Å². The molecule has 27 heavy (non-hydrogen) atoms.